The van der Waals surface area contributed by atoms with Gasteiger partial charge in [0, 0.05) is 19.1 Å². The number of fused-ring (bicyclic) bond motifs is 2. The summed E-state index contributed by atoms with van der Waals surface area (Å²) in [5, 5.41) is 51.7. The lowest BCUT2D eigenvalue weighted by molar-refractivity contribution is -0.343. The van der Waals surface area contributed by atoms with Gasteiger partial charge in [-0.1, -0.05) is 13.3 Å². The molecule has 13 heteroatoms. The summed E-state index contributed by atoms with van der Waals surface area (Å²) in [6.07, 6.45) is -9.27. The van der Waals surface area contributed by atoms with Gasteiger partial charge >= 0.3 is 5.97 Å². The lowest BCUT2D eigenvalue weighted by Gasteiger charge is -2.47. The fourth-order valence-corrected chi connectivity index (χ4v) is 6.03. The van der Waals surface area contributed by atoms with E-state index in [0.29, 0.717) is 25.9 Å². The molecule has 1 aliphatic carbocycles. The number of aliphatic hydroxyl groups is 5. The van der Waals surface area contributed by atoms with Crippen molar-refractivity contribution in [3.05, 3.63) is 0 Å². The summed E-state index contributed by atoms with van der Waals surface area (Å²) >= 11 is 0. The molecule has 14 atom stereocenters. The number of ether oxygens (including phenoxy) is 7. The van der Waals surface area contributed by atoms with Crippen LogP contribution >= 0.6 is 0 Å². The molecule has 232 valence electrons. The molecule has 0 aromatic heterocycles. The van der Waals surface area contributed by atoms with Crippen LogP contribution in [0, 0.1) is 11.8 Å². The molecule has 0 bridgehead atoms. The van der Waals surface area contributed by atoms with Crippen LogP contribution in [-0.2, 0) is 38.0 Å². The van der Waals surface area contributed by atoms with E-state index in [4.69, 9.17) is 33.2 Å². The number of aliphatic hydroxyl groups excluding tert-OH is 5. The molecule has 4 fully saturated rings. The number of rotatable bonds is 10. The lowest BCUT2D eigenvalue weighted by atomic mass is 9.85. The molecular formula is C27H46O13. The molecule has 4 rings (SSSR count). The van der Waals surface area contributed by atoms with E-state index in [0.717, 1.165) is 12.8 Å². The Hall–Kier alpha value is -0.970. The van der Waals surface area contributed by atoms with E-state index in [1.54, 1.807) is 6.92 Å². The number of carbonyl (C=O) groups is 1. The van der Waals surface area contributed by atoms with E-state index in [9.17, 15) is 30.3 Å². The molecule has 0 aromatic rings. The van der Waals surface area contributed by atoms with E-state index in [2.05, 4.69) is 0 Å². The zero-order chi connectivity index (χ0) is 29.0. The topological polar surface area (TPSA) is 183 Å². The summed E-state index contributed by atoms with van der Waals surface area (Å²) in [5.41, 5.74) is 0. The molecule has 0 spiro atoms. The van der Waals surface area contributed by atoms with Gasteiger partial charge in [-0.3, -0.25) is 0 Å². The van der Waals surface area contributed by atoms with E-state index in [1.807, 2.05) is 6.92 Å². The molecular weight excluding hydrogens is 532 g/mol. The Morgan fingerprint density at radius 2 is 1.82 bits per heavy atom. The van der Waals surface area contributed by atoms with Crippen molar-refractivity contribution < 1.29 is 63.5 Å². The van der Waals surface area contributed by atoms with Crippen molar-refractivity contribution in [1.29, 1.82) is 0 Å². The lowest BCUT2D eigenvalue weighted by Crippen LogP contribution is -2.63. The zero-order valence-corrected chi connectivity index (χ0v) is 23.4. The van der Waals surface area contributed by atoms with Gasteiger partial charge in [-0.05, 0) is 45.4 Å². The van der Waals surface area contributed by atoms with Crippen LogP contribution in [0.4, 0.5) is 0 Å². The predicted molar refractivity (Wildman–Crippen MR) is 136 cm³/mol. The Morgan fingerprint density at radius 3 is 2.52 bits per heavy atom. The predicted octanol–water partition coefficient (Wildman–Crippen LogP) is -0.774. The van der Waals surface area contributed by atoms with Crippen LogP contribution in [0.5, 0.6) is 0 Å². The Balaban J connectivity index is 1.55. The quantitative estimate of drug-likeness (QED) is 0.161. The van der Waals surface area contributed by atoms with Gasteiger partial charge in [0.15, 0.2) is 18.7 Å². The monoisotopic (exact) mass is 578 g/mol. The van der Waals surface area contributed by atoms with Crippen LogP contribution in [-0.4, -0.2) is 132 Å². The minimum atomic E-state index is -1.51. The summed E-state index contributed by atoms with van der Waals surface area (Å²) < 4.78 is 41.8. The molecule has 0 radical (unpaired) electrons. The van der Waals surface area contributed by atoms with Gasteiger partial charge in [0.05, 0.1) is 31.5 Å². The van der Waals surface area contributed by atoms with E-state index in [-0.39, 0.29) is 25.0 Å². The first-order valence-corrected chi connectivity index (χ1v) is 14.5. The van der Waals surface area contributed by atoms with Crippen LogP contribution in [0.15, 0.2) is 0 Å². The summed E-state index contributed by atoms with van der Waals surface area (Å²) in [4.78, 5) is 12.4. The van der Waals surface area contributed by atoms with Crippen molar-refractivity contribution in [1.82, 2.24) is 0 Å². The van der Waals surface area contributed by atoms with Gasteiger partial charge in [-0.2, -0.15) is 0 Å². The minimum absolute atomic E-state index is 0.0251. The zero-order valence-electron chi connectivity index (χ0n) is 23.4. The molecule has 3 saturated heterocycles. The van der Waals surface area contributed by atoms with Crippen LogP contribution in [0.1, 0.15) is 52.9 Å². The van der Waals surface area contributed by atoms with Gasteiger partial charge in [-0.15, -0.1) is 0 Å². The Kier molecular flexibility index (Phi) is 11.6. The highest BCUT2D eigenvalue weighted by molar-refractivity contribution is 5.77. The molecule has 3 heterocycles. The first kappa shape index (κ1) is 32.0. The van der Waals surface area contributed by atoms with Crippen molar-refractivity contribution in [2.24, 2.45) is 11.8 Å². The van der Waals surface area contributed by atoms with Crippen molar-refractivity contribution >= 4 is 5.97 Å². The van der Waals surface area contributed by atoms with Gasteiger partial charge in [0.1, 0.15) is 36.6 Å². The maximum absolute atomic E-state index is 12.4. The summed E-state index contributed by atoms with van der Waals surface area (Å²) in [6, 6.07) is 0. The van der Waals surface area contributed by atoms with Crippen molar-refractivity contribution in [2.75, 3.05) is 26.4 Å². The number of hydrogen-bond donors (Lipinski definition) is 5. The van der Waals surface area contributed by atoms with E-state index < -0.39 is 86.2 Å². The summed E-state index contributed by atoms with van der Waals surface area (Å²) in [6.45, 7) is 5.32. The van der Waals surface area contributed by atoms with Gasteiger partial charge in [0.2, 0.25) is 0 Å². The summed E-state index contributed by atoms with van der Waals surface area (Å²) in [5.74, 6) is -0.674. The fraction of sp³-hybridized carbons (Fsp3) is 0.963. The fourth-order valence-electron chi connectivity index (χ4n) is 6.03. The molecule has 1 saturated carbocycles. The smallest absolute Gasteiger partial charge is 0.335 e. The SMILES string of the molecule is CCOC(OC1C(C)CCCC1OC1OC(CO)C(O)C2OC3C(=O)OCC3CCCOC12)C(O)C(O)C(C)O. The third-order valence-corrected chi connectivity index (χ3v) is 8.36. The van der Waals surface area contributed by atoms with E-state index >= 15 is 0 Å². The maximum atomic E-state index is 12.4. The molecule has 3 aliphatic heterocycles. The standard InChI is InChI=1S/C27H46O13/c1-4-34-26(20(32)18(30)14(3)29)40-21-13(2)7-5-9-16(21)37-27-24-23(19(31)17(11-28)38-27)39-22-15(8-6-10-35-24)12-36-25(22)33/h13-24,26-32H,4-12H2,1-3H3. The first-order chi connectivity index (χ1) is 19.2. The van der Waals surface area contributed by atoms with Crippen LogP contribution in [0.2, 0.25) is 0 Å². The maximum Gasteiger partial charge on any atom is 0.335 e. The van der Waals surface area contributed by atoms with Crippen molar-refractivity contribution in [3.8, 4) is 0 Å². The second kappa shape index (κ2) is 14.5. The van der Waals surface area contributed by atoms with Crippen LogP contribution in [0.3, 0.4) is 0 Å². The first-order valence-electron chi connectivity index (χ1n) is 14.5. The molecule has 4 aliphatic rings. The molecule has 0 amide bonds. The number of cyclic esters (lactones) is 1. The number of esters is 1. The molecule has 0 aromatic carbocycles. The average molecular weight is 579 g/mol. The highest BCUT2D eigenvalue weighted by Crippen LogP contribution is 2.37. The van der Waals surface area contributed by atoms with Gasteiger partial charge < -0.3 is 58.7 Å². The Morgan fingerprint density at radius 1 is 1.05 bits per heavy atom. The molecule has 5 N–H and O–H groups in total. The highest BCUT2D eigenvalue weighted by Gasteiger charge is 2.53. The summed E-state index contributed by atoms with van der Waals surface area (Å²) in [7, 11) is 0. The van der Waals surface area contributed by atoms with E-state index in [1.165, 1.54) is 6.92 Å². The largest absolute Gasteiger partial charge is 0.463 e. The number of carbonyl (C=O) groups excluding carboxylic acids is 1. The van der Waals surface area contributed by atoms with Gasteiger partial charge in [-0.25, -0.2) is 4.79 Å². The molecule has 40 heavy (non-hydrogen) atoms. The number of hydrogen-bond acceptors (Lipinski definition) is 13. The second-order valence-corrected chi connectivity index (χ2v) is 11.3. The van der Waals surface area contributed by atoms with Crippen LogP contribution < -0.4 is 0 Å². The Bertz CT molecular complexity index is 798. The third kappa shape index (κ3) is 7.14. The molecule has 14 unspecified atom stereocenters. The second-order valence-electron chi connectivity index (χ2n) is 11.3. The van der Waals surface area contributed by atoms with Crippen LogP contribution in [0.25, 0.3) is 0 Å². The normalized spacial score (nSPS) is 41.9. The van der Waals surface area contributed by atoms with Gasteiger partial charge in [0.25, 0.3) is 0 Å². The third-order valence-electron chi connectivity index (χ3n) is 8.36. The average Bonchev–Trinajstić information content (AvgIpc) is 3.31. The Labute approximate surface area is 234 Å². The molecule has 13 nitrogen and oxygen atoms in total. The van der Waals surface area contributed by atoms with Crippen molar-refractivity contribution in [3.63, 3.8) is 0 Å². The highest BCUT2D eigenvalue weighted by atomic mass is 16.7. The minimum Gasteiger partial charge on any atom is -0.463 e. The van der Waals surface area contributed by atoms with Crippen molar-refractivity contribution in [2.45, 2.75) is 126 Å².